The number of ketones is 1. The lowest BCUT2D eigenvalue weighted by molar-refractivity contribution is -0.118. The molecule has 0 bridgehead atoms. The molecule has 2 aliphatic heterocycles. The predicted octanol–water partition coefficient (Wildman–Crippen LogP) is 3.83. The van der Waals surface area contributed by atoms with Gasteiger partial charge in [-0.1, -0.05) is 20.8 Å². The fourth-order valence-electron chi connectivity index (χ4n) is 4.41. The van der Waals surface area contributed by atoms with Gasteiger partial charge in [0.1, 0.15) is 17.3 Å². The van der Waals surface area contributed by atoms with Gasteiger partial charge in [-0.3, -0.25) is 14.4 Å². The van der Waals surface area contributed by atoms with Crippen LogP contribution in [0, 0.1) is 0 Å². The second kappa shape index (κ2) is 9.93. The highest BCUT2D eigenvalue weighted by molar-refractivity contribution is 9.08. The van der Waals surface area contributed by atoms with Crippen molar-refractivity contribution in [3.05, 3.63) is 52.1 Å². The third-order valence-electron chi connectivity index (χ3n) is 6.13. The number of halogens is 1. The van der Waals surface area contributed by atoms with E-state index in [2.05, 4.69) is 30.8 Å². The average Bonchev–Trinajstić information content (AvgIpc) is 3.17. The van der Waals surface area contributed by atoms with Crippen LogP contribution in [0.15, 0.2) is 28.3 Å². The van der Waals surface area contributed by atoms with E-state index in [4.69, 9.17) is 9.47 Å². The fraction of sp³-hybridized carbons (Fsp3) is 0.385. The van der Waals surface area contributed by atoms with Gasteiger partial charge in [0.25, 0.3) is 11.8 Å². The molecule has 0 saturated heterocycles. The van der Waals surface area contributed by atoms with Crippen LogP contribution in [0.2, 0.25) is 0 Å². The zero-order valence-corrected chi connectivity index (χ0v) is 22.5. The first-order valence-electron chi connectivity index (χ1n) is 11.7. The molecule has 2 amide bonds. The molecule has 10 heteroatoms. The van der Waals surface area contributed by atoms with E-state index >= 15 is 0 Å². The van der Waals surface area contributed by atoms with Gasteiger partial charge in [0.2, 0.25) is 0 Å². The lowest BCUT2D eigenvalue weighted by Crippen LogP contribution is -2.32. The minimum atomic E-state index is -0.305. The zero-order valence-electron chi connectivity index (χ0n) is 21.0. The number of amides is 2. The minimum absolute atomic E-state index is 0.0512. The molecule has 0 fully saturated rings. The van der Waals surface area contributed by atoms with Gasteiger partial charge in [-0.05, 0) is 42.2 Å². The Morgan fingerprint density at radius 3 is 2.64 bits per heavy atom. The number of anilines is 1. The highest BCUT2D eigenvalue weighted by Gasteiger charge is 2.32. The quantitative estimate of drug-likeness (QED) is 0.523. The van der Waals surface area contributed by atoms with E-state index in [1.165, 1.54) is 0 Å². The van der Waals surface area contributed by atoms with Crippen LogP contribution in [-0.4, -0.2) is 55.1 Å². The van der Waals surface area contributed by atoms with E-state index in [9.17, 15) is 14.4 Å². The Labute approximate surface area is 218 Å². The van der Waals surface area contributed by atoms with Crippen LogP contribution in [0.3, 0.4) is 0 Å². The molecule has 0 aromatic heterocycles. The largest absolute Gasteiger partial charge is 0.493 e. The summed E-state index contributed by atoms with van der Waals surface area (Å²) < 4.78 is 15.7. The third kappa shape index (κ3) is 4.82. The van der Waals surface area contributed by atoms with E-state index in [-0.39, 0.29) is 36.2 Å². The lowest BCUT2D eigenvalue weighted by Gasteiger charge is -2.28. The molecule has 2 N–H and O–H groups in total. The van der Waals surface area contributed by atoms with Gasteiger partial charge in [-0.2, -0.15) is 4.02 Å². The summed E-state index contributed by atoms with van der Waals surface area (Å²) in [5, 5.41) is 5.46. The molecule has 2 heterocycles. The lowest BCUT2D eigenvalue weighted by atomic mass is 9.84. The number of carbonyl (C=O) groups is 3. The summed E-state index contributed by atoms with van der Waals surface area (Å²) in [4.78, 5) is 39.7. The Kier molecular flexibility index (Phi) is 7.08. The molecule has 2 aromatic carbocycles. The number of nitrogens with zero attached hydrogens (tertiary/aromatic N) is 2. The van der Waals surface area contributed by atoms with Crippen molar-refractivity contribution in [1.29, 1.82) is 0 Å². The molecule has 4 rings (SSSR count). The first-order valence-corrected chi connectivity index (χ1v) is 12.4. The molecule has 0 aliphatic carbocycles. The molecule has 0 saturated carbocycles. The molecule has 2 aliphatic rings. The maximum absolute atomic E-state index is 13.5. The molecule has 0 radical (unpaired) electrons. The molecule has 2 aromatic rings. The van der Waals surface area contributed by atoms with Crippen molar-refractivity contribution in [3.63, 3.8) is 0 Å². The second-order valence-corrected chi connectivity index (χ2v) is 10.0. The molecule has 9 nitrogen and oxygen atoms in total. The number of hydrogen-bond acceptors (Lipinski definition) is 6. The van der Waals surface area contributed by atoms with Gasteiger partial charge in [0, 0.05) is 30.3 Å². The van der Waals surface area contributed by atoms with Gasteiger partial charge in [-0.25, -0.2) is 0 Å². The summed E-state index contributed by atoms with van der Waals surface area (Å²) in [5.74, 6) is 0.974. The number of ether oxygens (including phenoxy) is 2. The monoisotopic (exact) mass is 556 g/mol. The van der Waals surface area contributed by atoms with Gasteiger partial charge in [-0.15, -0.1) is 0 Å². The van der Waals surface area contributed by atoms with E-state index in [1.54, 1.807) is 19.2 Å². The van der Waals surface area contributed by atoms with Crippen LogP contribution >= 0.6 is 16.1 Å². The first-order chi connectivity index (χ1) is 17.1. The number of hydrogen-bond donors (Lipinski definition) is 2. The smallest absolute Gasteiger partial charge is 0.262 e. The summed E-state index contributed by atoms with van der Waals surface area (Å²) in [7, 11) is 1.56. The van der Waals surface area contributed by atoms with Crippen molar-refractivity contribution in [1.82, 2.24) is 10.2 Å². The first kappa shape index (κ1) is 25.7. The Morgan fingerprint density at radius 1 is 1.25 bits per heavy atom. The third-order valence-corrected chi connectivity index (χ3v) is 6.47. The molecule has 0 unspecified atom stereocenters. The van der Waals surface area contributed by atoms with Crippen molar-refractivity contribution in [2.24, 2.45) is 4.02 Å². The van der Waals surface area contributed by atoms with Gasteiger partial charge in [0.15, 0.2) is 12.4 Å². The van der Waals surface area contributed by atoms with Gasteiger partial charge >= 0.3 is 0 Å². The average molecular weight is 557 g/mol. The second-order valence-electron chi connectivity index (χ2n) is 9.69. The molecule has 190 valence electrons. The van der Waals surface area contributed by atoms with E-state index in [1.807, 2.05) is 44.7 Å². The van der Waals surface area contributed by atoms with Crippen LogP contribution in [0.4, 0.5) is 5.69 Å². The Morgan fingerprint density at radius 2 is 2.00 bits per heavy atom. The summed E-state index contributed by atoms with van der Waals surface area (Å²) in [6.45, 7) is 8.79. The predicted molar refractivity (Wildman–Crippen MR) is 140 cm³/mol. The maximum Gasteiger partial charge on any atom is 0.262 e. The zero-order chi connectivity index (χ0) is 26.2. The Bertz CT molecular complexity index is 1280. The molecule has 0 atom stereocenters. The highest BCUT2D eigenvalue weighted by Crippen LogP contribution is 2.40. The van der Waals surface area contributed by atoms with Crippen molar-refractivity contribution < 1.29 is 23.9 Å². The number of Topliss-reactive ketones (excluding diaryl/α,β-unsaturated/α-hetero) is 1. The fourth-order valence-corrected chi connectivity index (χ4v) is 4.83. The van der Waals surface area contributed by atoms with E-state index < -0.39 is 0 Å². The summed E-state index contributed by atoms with van der Waals surface area (Å²) >= 11 is 3.19. The van der Waals surface area contributed by atoms with Crippen molar-refractivity contribution in [3.8, 4) is 11.5 Å². The summed E-state index contributed by atoms with van der Waals surface area (Å²) in [6, 6.07) is 7.07. The Balaban J connectivity index is 1.67. The molecular formula is C26H29BrN4O5. The van der Waals surface area contributed by atoms with Crippen LogP contribution in [-0.2, 0) is 16.8 Å². The van der Waals surface area contributed by atoms with Crippen LogP contribution in [0.5, 0.6) is 11.5 Å². The number of nitrogens with one attached hydrogen (secondary N) is 2. The number of carbonyl (C=O) groups excluding carboxylic acids is 3. The Hall–Kier alpha value is -3.40. The topological polar surface area (TPSA) is 109 Å². The van der Waals surface area contributed by atoms with Crippen LogP contribution in [0.1, 0.15) is 65.1 Å². The standard InChI is InChI=1S/C26H29BrN4O5/c1-6-35-21-9-15-11-31(24(30-27)16(15)10-17(21)25(34)28-5)12-20(32)14-7-18(26(2,3)4)23-19(8-14)29-22(33)13-36-23/h7-10H,6,11-13H2,1-5H3,(H,28,34)(H,29,33)/b30-24-. The van der Waals surface area contributed by atoms with Crippen LogP contribution in [0.25, 0.3) is 0 Å². The highest BCUT2D eigenvalue weighted by atomic mass is 79.9. The SMILES string of the molecule is CCOc1cc2c(cc1C(=O)NC)/C(=N/Br)N(CC(=O)c1cc3c(c(C(C)(C)C)c1)OCC(=O)N3)C2. The van der Waals surface area contributed by atoms with Gasteiger partial charge in [0.05, 0.1) is 40.5 Å². The minimum Gasteiger partial charge on any atom is -0.493 e. The van der Waals surface area contributed by atoms with Crippen LogP contribution < -0.4 is 20.1 Å². The molecule has 0 spiro atoms. The number of benzene rings is 2. The normalized spacial score (nSPS) is 15.7. The summed E-state index contributed by atoms with van der Waals surface area (Å²) in [5.41, 5.74) is 3.56. The van der Waals surface area contributed by atoms with E-state index in [0.29, 0.717) is 47.3 Å². The number of amidine groups is 1. The molecular weight excluding hydrogens is 528 g/mol. The van der Waals surface area contributed by atoms with E-state index in [0.717, 1.165) is 16.7 Å². The number of rotatable bonds is 6. The number of fused-ring (bicyclic) bond motifs is 2. The molecule has 36 heavy (non-hydrogen) atoms. The van der Waals surface area contributed by atoms with Gasteiger partial charge < -0.3 is 25.0 Å². The van der Waals surface area contributed by atoms with Crippen molar-refractivity contribution >= 4 is 45.3 Å². The van der Waals surface area contributed by atoms with Crippen molar-refractivity contribution in [2.45, 2.75) is 39.7 Å². The summed E-state index contributed by atoms with van der Waals surface area (Å²) in [6.07, 6.45) is 0. The van der Waals surface area contributed by atoms with Crippen molar-refractivity contribution in [2.75, 3.05) is 32.1 Å². The maximum atomic E-state index is 13.5.